The smallest absolute Gasteiger partial charge is 0.0955 e. The maximum atomic E-state index is 4.18. The molecule has 7 aromatic carbocycles. The van der Waals surface area contributed by atoms with Gasteiger partial charge in [0.15, 0.2) is 0 Å². The number of aromatic nitrogens is 4. The normalized spacial score (nSPS) is 10.5. The molecule has 0 aliphatic rings. The van der Waals surface area contributed by atoms with Crippen molar-refractivity contribution in [2.75, 3.05) is 11.9 Å². The number of aryl methyl sites for hydroxylation is 4. The molecule has 0 fully saturated rings. The standard InChI is InChI=1S/C14H12N.C13H11N.C13H13N.C8H8N2.Y/c1-10-7-8-14-12(9-10)11-5-3-4-6-13(11)15(14)2;1-14-12-8-4-2-6-10(12)11-7-3-5-9-13(11)14;1-14(12-8-4-2-5-9-12)13-10-6-3-7-11-13;1-10-6-9-7-4-2-3-5-8(7)10;/h4-9H,1-2H3;2-9H,1H3;2-11H,1H3;2-6H,1H3;/q-1;;;;. The van der Waals surface area contributed by atoms with Crippen LogP contribution < -0.4 is 4.90 Å². The Bertz CT molecular complexity index is 2650. The number of hydrogen-bond acceptors (Lipinski definition) is 2. The van der Waals surface area contributed by atoms with E-state index in [0.29, 0.717) is 0 Å². The van der Waals surface area contributed by atoms with E-state index in [1.54, 1.807) is 0 Å². The number of para-hydroxylation sites is 6. The molecule has 0 aliphatic carbocycles. The van der Waals surface area contributed by atoms with Crippen molar-refractivity contribution < 1.29 is 32.7 Å². The molecule has 0 amide bonds. The van der Waals surface area contributed by atoms with E-state index < -0.39 is 0 Å². The minimum Gasteiger partial charge on any atom is -0.368 e. The topological polar surface area (TPSA) is 30.9 Å². The largest absolute Gasteiger partial charge is 0.368 e. The van der Waals surface area contributed by atoms with E-state index in [9.17, 15) is 0 Å². The summed E-state index contributed by atoms with van der Waals surface area (Å²) < 4.78 is 6.48. The first kappa shape index (κ1) is 38.2. The zero-order valence-electron chi connectivity index (χ0n) is 31.6. The minimum absolute atomic E-state index is 0. The van der Waals surface area contributed by atoms with Crippen LogP contribution in [0.4, 0.5) is 11.4 Å². The summed E-state index contributed by atoms with van der Waals surface area (Å²) in [7, 11) is 8.30. The van der Waals surface area contributed by atoms with Gasteiger partial charge in [-0.05, 0) is 66.9 Å². The third kappa shape index (κ3) is 8.18. The zero-order chi connectivity index (χ0) is 36.7. The predicted octanol–water partition coefficient (Wildman–Crippen LogP) is 11.8. The number of imidazole rings is 1. The maximum absolute atomic E-state index is 4.18. The van der Waals surface area contributed by atoms with Gasteiger partial charge in [-0.15, -0.1) is 11.5 Å². The Hall–Kier alpha value is -5.49. The van der Waals surface area contributed by atoms with Crippen LogP contribution in [-0.4, -0.2) is 25.7 Å². The van der Waals surface area contributed by atoms with E-state index in [-0.39, 0.29) is 32.7 Å². The molecule has 6 heteroatoms. The van der Waals surface area contributed by atoms with E-state index in [4.69, 9.17) is 0 Å². The van der Waals surface area contributed by atoms with E-state index in [0.717, 1.165) is 5.52 Å². The van der Waals surface area contributed by atoms with Crippen LogP contribution in [0.2, 0.25) is 0 Å². The predicted molar refractivity (Wildman–Crippen MR) is 226 cm³/mol. The van der Waals surface area contributed by atoms with Crippen molar-refractivity contribution >= 4 is 66.0 Å². The Morgan fingerprint density at radius 2 is 0.981 bits per heavy atom. The van der Waals surface area contributed by atoms with Gasteiger partial charge in [0.05, 0.1) is 17.4 Å². The fraction of sp³-hybridized carbons (Fsp3) is 0.104. The molecule has 54 heavy (non-hydrogen) atoms. The number of hydrogen-bond donors (Lipinski definition) is 0. The minimum atomic E-state index is 0. The summed E-state index contributed by atoms with van der Waals surface area (Å²) in [6.07, 6.45) is 1.82. The van der Waals surface area contributed by atoms with Crippen LogP contribution in [-0.2, 0) is 53.9 Å². The van der Waals surface area contributed by atoms with E-state index in [2.05, 4.69) is 187 Å². The molecular formula is C48H44N5Y-. The molecule has 0 atom stereocenters. The first-order valence-electron chi connectivity index (χ1n) is 17.9. The number of nitrogens with zero attached hydrogens (tertiary/aromatic N) is 5. The van der Waals surface area contributed by atoms with E-state index in [1.165, 1.54) is 66.1 Å². The van der Waals surface area contributed by atoms with Crippen molar-refractivity contribution in [2.45, 2.75) is 6.92 Å². The fourth-order valence-electron chi connectivity index (χ4n) is 6.87. The molecule has 3 aromatic heterocycles. The van der Waals surface area contributed by atoms with Crippen molar-refractivity contribution in [3.8, 4) is 0 Å². The summed E-state index contributed by atoms with van der Waals surface area (Å²) in [5.41, 5.74) is 11.1. The van der Waals surface area contributed by atoms with Gasteiger partial charge < -0.3 is 18.6 Å². The molecule has 0 unspecified atom stereocenters. The van der Waals surface area contributed by atoms with Crippen LogP contribution in [0, 0.1) is 13.0 Å². The maximum Gasteiger partial charge on any atom is 0.0955 e. The van der Waals surface area contributed by atoms with Crippen molar-refractivity contribution in [3.05, 3.63) is 188 Å². The molecule has 0 saturated carbocycles. The molecule has 0 aliphatic heterocycles. The Balaban J connectivity index is 0.000000123. The SMILES string of the molecule is CN(c1ccccc1)c1ccccc1.Cc1ccc2c(c1)c1c[c-]ccc1n2C.Cn1c2ccccc2c2ccccc21.Cn1cnc2ccccc21.[Y]. The second-order valence-corrected chi connectivity index (χ2v) is 13.2. The average molecular weight is 780 g/mol. The third-order valence-electron chi connectivity index (χ3n) is 9.75. The van der Waals surface area contributed by atoms with Crippen molar-refractivity contribution in [3.63, 3.8) is 0 Å². The molecule has 0 spiro atoms. The summed E-state index contributed by atoms with van der Waals surface area (Å²) in [5.74, 6) is 0. The van der Waals surface area contributed by atoms with Gasteiger partial charge in [-0.3, -0.25) is 0 Å². The van der Waals surface area contributed by atoms with Crippen molar-refractivity contribution in [2.24, 2.45) is 21.1 Å². The van der Waals surface area contributed by atoms with Gasteiger partial charge in [-0.1, -0.05) is 108 Å². The molecule has 5 nitrogen and oxygen atoms in total. The van der Waals surface area contributed by atoms with Crippen LogP contribution in [0.15, 0.2) is 176 Å². The van der Waals surface area contributed by atoms with Gasteiger partial charge in [0.2, 0.25) is 0 Å². The van der Waals surface area contributed by atoms with E-state index in [1.807, 2.05) is 54.3 Å². The summed E-state index contributed by atoms with van der Waals surface area (Å²) in [6, 6.07) is 61.7. The Morgan fingerprint density at radius 3 is 1.56 bits per heavy atom. The quantitative estimate of drug-likeness (QED) is 0.164. The molecule has 0 N–H and O–H groups in total. The third-order valence-corrected chi connectivity index (χ3v) is 9.75. The van der Waals surface area contributed by atoms with Crippen molar-refractivity contribution in [1.82, 2.24) is 18.7 Å². The van der Waals surface area contributed by atoms with Gasteiger partial charge in [-0.25, -0.2) is 4.98 Å². The Morgan fingerprint density at radius 1 is 0.500 bits per heavy atom. The van der Waals surface area contributed by atoms with Gasteiger partial charge >= 0.3 is 0 Å². The summed E-state index contributed by atoms with van der Waals surface area (Å²) >= 11 is 0. The molecule has 1 radical (unpaired) electrons. The molecule has 10 rings (SSSR count). The van der Waals surface area contributed by atoms with Crippen LogP contribution in [0.3, 0.4) is 0 Å². The van der Waals surface area contributed by atoms with E-state index >= 15 is 0 Å². The Labute approximate surface area is 343 Å². The summed E-state index contributed by atoms with van der Waals surface area (Å²) in [4.78, 5) is 6.35. The second-order valence-electron chi connectivity index (χ2n) is 13.2. The molecule has 0 saturated heterocycles. The number of fused-ring (bicyclic) bond motifs is 7. The van der Waals surface area contributed by atoms with Crippen LogP contribution >= 0.6 is 0 Å². The summed E-state index contributed by atoms with van der Waals surface area (Å²) in [6.45, 7) is 2.13. The zero-order valence-corrected chi connectivity index (χ0v) is 34.4. The molecule has 10 aromatic rings. The molecular weight excluding hydrogens is 735 g/mol. The van der Waals surface area contributed by atoms with Crippen LogP contribution in [0.5, 0.6) is 0 Å². The first-order valence-corrected chi connectivity index (χ1v) is 17.9. The molecule has 0 bridgehead atoms. The van der Waals surface area contributed by atoms with Gasteiger partial charge in [0.1, 0.15) is 0 Å². The van der Waals surface area contributed by atoms with Crippen LogP contribution in [0.1, 0.15) is 5.56 Å². The van der Waals surface area contributed by atoms with Gasteiger partial charge in [-0.2, -0.15) is 18.2 Å². The number of anilines is 2. The van der Waals surface area contributed by atoms with Crippen LogP contribution in [0.25, 0.3) is 54.6 Å². The van der Waals surface area contributed by atoms with Crippen molar-refractivity contribution in [1.29, 1.82) is 0 Å². The molecule has 265 valence electrons. The summed E-state index contributed by atoms with van der Waals surface area (Å²) in [5, 5.41) is 5.29. The fourth-order valence-corrected chi connectivity index (χ4v) is 6.87. The Kier molecular flexibility index (Phi) is 12.4. The molecule has 3 heterocycles. The first-order chi connectivity index (χ1) is 25.9. The number of benzene rings is 7. The van der Waals surface area contributed by atoms with Gasteiger partial charge in [0, 0.05) is 99.6 Å². The second kappa shape index (κ2) is 17.6. The number of rotatable bonds is 2. The van der Waals surface area contributed by atoms with Gasteiger partial charge in [0.25, 0.3) is 0 Å². The average Bonchev–Trinajstić information content (AvgIpc) is 3.84. The monoisotopic (exact) mass is 779 g/mol.